The molecule has 2 N–H and O–H groups in total. The highest BCUT2D eigenvalue weighted by Crippen LogP contribution is 2.24. The van der Waals surface area contributed by atoms with Gasteiger partial charge in [0.2, 0.25) is 5.91 Å². The summed E-state index contributed by atoms with van der Waals surface area (Å²) in [7, 11) is 1.67. The van der Waals surface area contributed by atoms with Crippen LogP contribution in [-0.4, -0.2) is 82.4 Å². The number of ether oxygens (including phenoxy) is 2. The van der Waals surface area contributed by atoms with Crippen molar-refractivity contribution in [2.45, 2.75) is 19.4 Å². The van der Waals surface area contributed by atoms with E-state index in [1.54, 1.807) is 12.0 Å². The van der Waals surface area contributed by atoms with Gasteiger partial charge < -0.3 is 29.9 Å². The number of methoxy groups -OCH3 is 1. The summed E-state index contributed by atoms with van der Waals surface area (Å²) >= 11 is 0. The van der Waals surface area contributed by atoms with E-state index in [1.165, 1.54) is 5.69 Å². The molecule has 2 aromatic carbocycles. The fraction of sp³-hybridized carbons (Fsp3) is 0.462. The fourth-order valence-electron chi connectivity index (χ4n) is 4.53. The first-order valence-corrected chi connectivity index (χ1v) is 12.2. The minimum Gasteiger partial charge on any atom is -0.497 e. The molecule has 35 heavy (non-hydrogen) atoms. The van der Waals surface area contributed by atoms with Gasteiger partial charge in [0.05, 0.1) is 19.8 Å². The second kappa shape index (κ2) is 11.8. The lowest BCUT2D eigenvalue weighted by Gasteiger charge is -2.36. The lowest BCUT2D eigenvalue weighted by atomic mass is 10.2. The first-order chi connectivity index (χ1) is 17.1. The fourth-order valence-corrected chi connectivity index (χ4v) is 4.53. The van der Waals surface area contributed by atoms with Crippen molar-refractivity contribution >= 4 is 23.3 Å². The molecule has 9 heteroatoms. The highest BCUT2D eigenvalue weighted by atomic mass is 16.5. The molecule has 0 spiro atoms. The molecule has 2 aromatic rings. The zero-order valence-electron chi connectivity index (χ0n) is 20.5. The third-order valence-corrected chi connectivity index (χ3v) is 6.44. The number of benzene rings is 2. The zero-order chi connectivity index (χ0) is 24.6. The quantitative estimate of drug-likeness (QED) is 0.572. The van der Waals surface area contributed by atoms with E-state index in [2.05, 4.69) is 32.6 Å². The minimum absolute atomic E-state index is 0.00851. The van der Waals surface area contributed by atoms with Crippen molar-refractivity contribution in [3.05, 3.63) is 48.5 Å². The van der Waals surface area contributed by atoms with Gasteiger partial charge in [-0.25, -0.2) is 4.79 Å². The third kappa shape index (κ3) is 6.57. The summed E-state index contributed by atoms with van der Waals surface area (Å²) in [6.45, 7) is 8.16. The second-order valence-corrected chi connectivity index (χ2v) is 8.76. The number of hydrogen-bond acceptors (Lipinski definition) is 6. The van der Waals surface area contributed by atoms with E-state index in [1.807, 2.05) is 43.3 Å². The predicted octanol–water partition coefficient (Wildman–Crippen LogP) is 2.32. The predicted molar refractivity (Wildman–Crippen MR) is 137 cm³/mol. The number of anilines is 2. The molecule has 0 saturated carbocycles. The van der Waals surface area contributed by atoms with Crippen LogP contribution >= 0.6 is 0 Å². The molecular weight excluding hydrogens is 446 g/mol. The van der Waals surface area contributed by atoms with Crippen molar-refractivity contribution in [1.29, 1.82) is 0 Å². The van der Waals surface area contributed by atoms with Gasteiger partial charge in [-0.15, -0.1) is 0 Å². The number of piperazine rings is 1. The molecule has 2 heterocycles. The van der Waals surface area contributed by atoms with Crippen LogP contribution in [0, 0.1) is 0 Å². The largest absolute Gasteiger partial charge is 0.497 e. The molecule has 2 saturated heterocycles. The third-order valence-electron chi connectivity index (χ3n) is 6.44. The topological polar surface area (TPSA) is 86.4 Å². The summed E-state index contributed by atoms with van der Waals surface area (Å²) in [4.78, 5) is 31.3. The molecule has 3 amide bonds. The number of nitrogens with one attached hydrogen (secondary N) is 2. The van der Waals surface area contributed by atoms with Crippen molar-refractivity contribution in [2.75, 3.05) is 69.3 Å². The number of urea groups is 1. The maximum absolute atomic E-state index is 12.5. The van der Waals surface area contributed by atoms with Crippen molar-refractivity contribution in [3.8, 4) is 11.5 Å². The van der Waals surface area contributed by atoms with Gasteiger partial charge in [0.15, 0.2) is 0 Å². The van der Waals surface area contributed by atoms with Crippen LogP contribution in [0.3, 0.4) is 0 Å². The van der Waals surface area contributed by atoms with Crippen molar-refractivity contribution < 1.29 is 19.1 Å². The molecule has 188 valence electrons. The molecule has 2 fully saturated rings. The Balaban J connectivity index is 1.14. The molecule has 4 rings (SSSR count). The Morgan fingerprint density at radius 1 is 0.971 bits per heavy atom. The number of hydrogen-bond donors (Lipinski definition) is 2. The van der Waals surface area contributed by atoms with Crippen molar-refractivity contribution in [1.82, 2.24) is 15.5 Å². The molecule has 9 nitrogen and oxygen atoms in total. The molecule has 2 aliphatic rings. The summed E-state index contributed by atoms with van der Waals surface area (Å²) in [5, 5.41) is 5.88. The van der Waals surface area contributed by atoms with E-state index in [9.17, 15) is 9.59 Å². The Morgan fingerprint density at radius 2 is 1.63 bits per heavy atom. The summed E-state index contributed by atoms with van der Waals surface area (Å²) in [5.41, 5.74) is 2.02. The van der Waals surface area contributed by atoms with Gasteiger partial charge in [0.25, 0.3) is 0 Å². The van der Waals surface area contributed by atoms with Crippen LogP contribution < -0.4 is 29.9 Å². The maximum Gasteiger partial charge on any atom is 0.315 e. The summed E-state index contributed by atoms with van der Waals surface area (Å²) in [6, 6.07) is 15.2. The van der Waals surface area contributed by atoms with E-state index in [4.69, 9.17) is 9.47 Å². The number of nitrogens with zero attached hydrogens (tertiary/aromatic N) is 3. The number of carbonyl (C=O) groups excluding carboxylic acids is 2. The molecule has 0 radical (unpaired) electrons. The van der Waals surface area contributed by atoms with Gasteiger partial charge in [-0.1, -0.05) is 0 Å². The Hall–Kier alpha value is -3.46. The van der Waals surface area contributed by atoms with Crippen LogP contribution in [0.15, 0.2) is 48.5 Å². The Labute approximate surface area is 207 Å². The van der Waals surface area contributed by atoms with E-state index < -0.39 is 0 Å². The number of carbonyl (C=O) groups is 2. The summed E-state index contributed by atoms with van der Waals surface area (Å²) in [6.07, 6.45) is 0.300. The van der Waals surface area contributed by atoms with Crippen LogP contribution in [-0.2, 0) is 4.79 Å². The molecule has 0 aromatic heterocycles. The van der Waals surface area contributed by atoms with Crippen LogP contribution in [0.5, 0.6) is 11.5 Å². The summed E-state index contributed by atoms with van der Waals surface area (Å²) in [5.74, 6) is 1.65. The van der Waals surface area contributed by atoms with Crippen molar-refractivity contribution in [3.63, 3.8) is 0 Å². The van der Waals surface area contributed by atoms with E-state index in [0.29, 0.717) is 26.1 Å². The van der Waals surface area contributed by atoms with E-state index >= 15 is 0 Å². The van der Waals surface area contributed by atoms with Gasteiger partial charge in [-0.05, 0) is 55.5 Å². The standard InChI is InChI=1S/C26H35N5O4/c1-3-35-24-10-6-22(7-11-24)31-19-20(18-25(31)32)28-26(33)27-12-13-29-14-16-30(17-15-29)21-4-8-23(34-2)9-5-21/h4-11,20H,3,12-19H2,1-2H3,(H2,27,28,33). The van der Waals surface area contributed by atoms with Crippen LogP contribution in [0.4, 0.5) is 16.2 Å². The smallest absolute Gasteiger partial charge is 0.315 e. The van der Waals surface area contributed by atoms with Gasteiger partial charge in [-0.3, -0.25) is 9.69 Å². The lowest BCUT2D eigenvalue weighted by molar-refractivity contribution is -0.117. The monoisotopic (exact) mass is 481 g/mol. The molecule has 0 aliphatic carbocycles. The van der Waals surface area contributed by atoms with Crippen LogP contribution in [0.2, 0.25) is 0 Å². The van der Waals surface area contributed by atoms with Gasteiger partial charge in [-0.2, -0.15) is 0 Å². The zero-order valence-corrected chi connectivity index (χ0v) is 20.5. The first-order valence-electron chi connectivity index (χ1n) is 12.2. The normalized spacial score (nSPS) is 18.5. The molecule has 1 unspecified atom stereocenters. The van der Waals surface area contributed by atoms with Crippen molar-refractivity contribution in [2.24, 2.45) is 0 Å². The SMILES string of the molecule is CCOc1ccc(N2CC(NC(=O)NCCN3CCN(c4ccc(OC)cc4)CC3)CC2=O)cc1. The van der Waals surface area contributed by atoms with Gasteiger partial charge in [0.1, 0.15) is 11.5 Å². The maximum atomic E-state index is 12.5. The lowest BCUT2D eigenvalue weighted by Crippen LogP contribution is -2.50. The molecular formula is C26H35N5O4. The average Bonchev–Trinajstić information content (AvgIpc) is 3.24. The Morgan fingerprint density at radius 3 is 2.29 bits per heavy atom. The van der Waals surface area contributed by atoms with E-state index in [0.717, 1.165) is 49.9 Å². The Bertz CT molecular complexity index is 974. The molecule has 2 aliphatic heterocycles. The molecule has 1 atom stereocenters. The molecule has 0 bridgehead atoms. The highest BCUT2D eigenvalue weighted by molar-refractivity contribution is 5.96. The highest BCUT2D eigenvalue weighted by Gasteiger charge is 2.31. The van der Waals surface area contributed by atoms with Crippen LogP contribution in [0.1, 0.15) is 13.3 Å². The first kappa shape index (κ1) is 24.7. The number of rotatable bonds is 9. The average molecular weight is 482 g/mol. The Kier molecular flexibility index (Phi) is 8.31. The summed E-state index contributed by atoms with van der Waals surface area (Å²) < 4.78 is 10.7. The van der Waals surface area contributed by atoms with Gasteiger partial charge >= 0.3 is 6.03 Å². The van der Waals surface area contributed by atoms with Gasteiger partial charge in [0, 0.05) is 63.6 Å². The number of amides is 3. The van der Waals surface area contributed by atoms with Crippen LogP contribution in [0.25, 0.3) is 0 Å². The minimum atomic E-state index is -0.229. The second-order valence-electron chi connectivity index (χ2n) is 8.76. The van der Waals surface area contributed by atoms with E-state index in [-0.39, 0.29) is 18.0 Å².